The molecule has 2 aliphatic heterocycles. The van der Waals surface area contributed by atoms with Crippen molar-refractivity contribution < 1.29 is 9.53 Å². The summed E-state index contributed by atoms with van der Waals surface area (Å²) in [5, 5.41) is 12.8. The number of carbonyl (C=O) groups excluding carboxylic acids is 1. The van der Waals surface area contributed by atoms with E-state index in [2.05, 4.69) is 16.2 Å². The van der Waals surface area contributed by atoms with Crippen molar-refractivity contribution in [3.8, 4) is 5.75 Å². The Hall–Kier alpha value is -2.59. The number of amides is 1. The number of anilines is 2. The second-order valence-corrected chi connectivity index (χ2v) is 8.60. The zero-order valence-corrected chi connectivity index (χ0v) is 18.6. The number of hydrogen-bond acceptors (Lipinski definition) is 7. The molecule has 3 unspecified atom stereocenters. The molecule has 3 atom stereocenters. The van der Waals surface area contributed by atoms with Gasteiger partial charge in [-0.3, -0.25) is 20.5 Å². The first-order valence-corrected chi connectivity index (χ1v) is 11.1. The summed E-state index contributed by atoms with van der Waals surface area (Å²) >= 11 is 7.27. The summed E-state index contributed by atoms with van der Waals surface area (Å²) in [6, 6.07) is 14.5. The van der Waals surface area contributed by atoms with Gasteiger partial charge >= 0.3 is 0 Å². The summed E-state index contributed by atoms with van der Waals surface area (Å²) in [6.07, 6.45) is -0.254. The molecule has 2 aliphatic rings. The highest BCUT2D eigenvalue weighted by molar-refractivity contribution is 8.14. The quantitative estimate of drug-likeness (QED) is 0.548. The van der Waals surface area contributed by atoms with Crippen molar-refractivity contribution in [2.75, 3.05) is 23.1 Å². The van der Waals surface area contributed by atoms with Crippen LogP contribution in [-0.2, 0) is 4.79 Å². The summed E-state index contributed by atoms with van der Waals surface area (Å²) in [6.45, 7) is 2.02. The molecule has 31 heavy (non-hydrogen) atoms. The van der Waals surface area contributed by atoms with Crippen molar-refractivity contribution in [1.82, 2.24) is 10.9 Å². The fourth-order valence-corrected chi connectivity index (χ4v) is 4.62. The summed E-state index contributed by atoms with van der Waals surface area (Å²) in [4.78, 5) is 19.1. The lowest BCUT2D eigenvalue weighted by molar-refractivity contribution is -0.113. The number of rotatable bonds is 5. The average molecular weight is 459 g/mol. The van der Waals surface area contributed by atoms with Crippen LogP contribution < -0.4 is 25.8 Å². The smallest absolute Gasteiger partial charge is 0.234 e. The Morgan fingerprint density at radius 2 is 2.06 bits per heavy atom. The topological polar surface area (TPSA) is 102 Å². The van der Waals surface area contributed by atoms with E-state index in [0.29, 0.717) is 21.7 Å². The lowest BCUT2D eigenvalue weighted by atomic mass is 9.97. The van der Waals surface area contributed by atoms with E-state index < -0.39 is 0 Å². The molecular formula is C21H23ClN6O2S. The third-order valence-corrected chi connectivity index (χ3v) is 6.29. The molecular weight excluding hydrogens is 436 g/mol. The van der Waals surface area contributed by atoms with Crippen LogP contribution in [-0.4, -0.2) is 42.0 Å². The molecule has 4 rings (SSSR count). The molecule has 1 amide bonds. The SMILES string of the molecule is COc1ccc(N2C(=N)C3C(C)NNC3N=C2SCC(=O)Nc2cccc(Cl)c2)cc1. The minimum atomic E-state index is -0.254. The number of nitrogens with zero attached hydrogens (tertiary/aromatic N) is 2. The predicted molar refractivity (Wildman–Crippen MR) is 126 cm³/mol. The first-order chi connectivity index (χ1) is 15.0. The van der Waals surface area contributed by atoms with Gasteiger partial charge in [-0.2, -0.15) is 0 Å². The van der Waals surface area contributed by atoms with Crippen molar-refractivity contribution in [2.45, 2.75) is 19.1 Å². The molecule has 2 aromatic rings. The first kappa shape index (κ1) is 21.6. The highest BCUT2D eigenvalue weighted by atomic mass is 35.5. The molecule has 0 aliphatic carbocycles. The van der Waals surface area contributed by atoms with E-state index in [-0.39, 0.29) is 29.8 Å². The van der Waals surface area contributed by atoms with Gasteiger partial charge in [0.15, 0.2) is 5.17 Å². The first-order valence-electron chi connectivity index (χ1n) is 9.76. The molecule has 0 aromatic heterocycles. The standard InChI is InChI=1S/C21H23ClN6O2S/c1-12-18-19(23)28(15-6-8-16(30-2)9-7-15)21(25-20(18)27-26-12)31-11-17(29)24-14-5-3-4-13(22)10-14/h3-10,12,18,20,23,26-27H,11H2,1-2H3,(H,24,29). The Kier molecular flexibility index (Phi) is 6.47. The lowest BCUT2D eigenvalue weighted by Crippen LogP contribution is -2.50. The number of amidine groups is 2. The van der Waals surface area contributed by atoms with E-state index in [0.717, 1.165) is 11.4 Å². The third-order valence-electron chi connectivity index (χ3n) is 5.11. The lowest BCUT2D eigenvalue weighted by Gasteiger charge is -2.35. The van der Waals surface area contributed by atoms with Crippen LogP contribution in [0.2, 0.25) is 5.02 Å². The van der Waals surface area contributed by atoms with Gasteiger partial charge in [0.05, 0.1) is 18.8 Å². The molecule has 10 heteroatoms. The summed E-state index contributed by atoms with van der Waals surface area (Å²) in [5.41, 5.74) is 7.73. The van der Waals surface area contributed by atoms with Crippen LogP contribution >= 0.6 is 23.4 Å². The summed E-state index contributed by atoms with van der Waals surface area (Å²) < 4.78 is 5.25. The Bertz CT molecular complexity index is 1020. The van der Waals surface area contributed by atoms with E-state index in [1.165, 1.54) is 11.8 Å². The number of benzene rings is 2. The number of fused-ring (bicyclic) bond motifs is 1. The van der Waals surface area contributed by atoms with Crippen LogP contribution in [0.3, 0.4) is 0 Å². The Balaban J connectivity index is 1.54. The zero-order chi connectivity index (χ0) is 22.0. The van der Waals surface area contributed by atoms with Crippen LogP contribution in [0.15, 0.2) is 53.5 Å². The van der Waals surface area contributed by atoms with Gasteiger partial charge in [-0.15, -0.1) is 0 Å². The maximum Gasteiger partial charge on any atom is 0.234 e. The molecule has 162 valence electrons. The van der Waals surface area contributed by atoms with Crippen LogP contribution in [0, 0.1) is 11.3 Å². The van der Waals surface area contributed by atoms with E-state index in [4.69, 9.17) is 26.7 Å². The number of thioether (sulfide) groups is 1. The van der Waals surface area contributed by atoms with Gasteiger partial charge in [0.2, 0.25) is 5.91 Å². The second-order valence-electron chi connectivity index (χ2n) is 7.23. The average Bonchev–Trinajstić information content (AvgIpc) is 3.13. The van der Waals surface area contributed by atoms with Gasteiger partial charge in [0.25, 0.3) is 0 Å². The monoisotopic (exact) mass is 458 g/mol. The Labute approximate surface area is 189 Å². The number of aliphatic imine (C=N–C) groups is 1. The largest absolute Gasteiger partial charge is 0.497 e. The molecule has 0 bridgehead atoms. The normalized spacial score (nSPS) is 22.7. The van der Waals surface area contributed by atoms with Crippen molar-refractivity contribution in [1.29, 1.82) is 5.41 Å². The van der Waals surface area contributed by atoms with Crippen LogP contribution in [0.1, 0.15) is 6.92 Å². The van der Waals surface area contributed by atoms with Gasteiger partial charge in [0.1, 0.15) is 17.8 Å². The van der Waals surface area contributed by atoms with Crippen LogP contribution in [0.4, 0.5) is 11.4 Å². The molecule has 4 N–H and O–H groups in total. The Morgan fingerprint density at radius 3 is 2.77 bits per heavy atom. The minimum Gasteiger partial charge on any atom is -0.497 e. The summed E-state index contributed by atoms with van der Waals surface area (Å²) in [7, 11) is 1.61. The van der Waals surface area contributed by atoms with Gasteiger partial charge < -0.3 is 10.1 Å². The van der Waals surface area contributed by atoms with Crippen LogP contribution in [0.25, 0.3) is 0 Å². The van der Waals surface area contributed by atoms with Gasteiger partial charge in [0, 0.05) is 22.4 Å². The second kappa shape index (κ2) is 9.27. The maximum absolute atomic E-state index is 12.5. The molecule has 0 radical (unpaired) electrons. The molecule has 2 aromatic carbocycles. The van der Waals surface area contributed by atoms with Crippen molar-refractivity contribution in [3.05, 3.63) is 53.6 Å². The number of nitrogens with one attached hydrogen (secondary N) is 4. The van der Waals surface area contributed by atoms with Gasteiger partial charge in [-0.25, -0.2) is 10.4 Å². The maximum atomic E-state index is 12.5. The molecule has 1 fully saturated rings. The van der Waals surface area contributed by atoms with E-state index in [9.17, 15) is 4.79 Å². The molecule has 0 saturated carbocycles. The number of carbonyl (C=O) groups is 1. The highest BCUT2D eigenvalue weighted by Gasteiger charge is 2.43. The van der Waals surface area contributed by atoms with Gasteiger partial charge in [-0.05, 0) is 49.4 Å². The van der Waals surface area contributed by atoms with E-state index in [1.54, 1.807) is 36.3 Å². The number of hydrogen-bond donors (Lipinski definition) is 4. The van der Waals surface area contributed by atoms with Crippen LogP contribution in [0.5, 0.6) is 5.75 Å². The van der Waals surface area contributed by atoms with E-state index >= 15 is 0 Å². The molecule has 0 spiro atoms. The number of ether oxygens (including phenoxy) is 1. The summed E-state index contributed by atoms with van der Waals surface area (Å²) in [5.74, 6) is 1.00. The number of halogens is 1. The minimum absolute atomic E-state index is 0.0553. The molecule has 8 nitrogen and oxygen atoms in total. The number of methoxy groups -OCH3 is 1. The molecule has 2 heterocycles. The zero-order valence-electron chi connectivity index (χ0n) is 17.1. The third kappa shape index (κ3) is 4.69. The van der Waals surface area contributed by atoms with Crippen molar-refractivity contribution >= 4 is 51.6 Å². The van der Waals surface area contributed by atoms with Gasteiger partial charge in [-0.1, -0.05) is 29.4 Å². The molecule has 1 saturated heterocycles. The number of hydrazine groups is 1. The Morgan fingerprint density at radius 1 is 1.29 bits per heavy atom. The van der Waals surface area contributed by atoms with Crippen molar-refractivity contribution in [2.24, 2.45) is 10.9 Å². The predicted octanol–water partition coefficient (Wildman–Crippen LogP) is 3.31. The fraction of sp³-hybridized carbons (Fsp3) is 0.286. The highest BCUT2D eigenvalue weighted by Crippen LogP contribution is 2.32. The van der Waals surface area contributed by atoms with E-state index in [1.807, 2.05) is 31.2 Å². The van der Waals surface area contributed by atoms with Crippen molar-refractivity contribution in [3.63, 3.8) is 0 Å². The fourth-order valence-electron chi connectivity index (χ4n) is 3.57.